The van der Waals surface area contributed by atoms with Crippen molar-refractivity contribution in [2.24, 2.45) is 0 Å². The third-order valence-corrected chi connectivity index (χ3v) is 1.85. The van der Waals surface area contributed by atoms with Crippen LogP contribution in [-0.4, -0.2) is 6.54 Å². The maximum Gasteiger partial charge on any atom is 0.0531 e. The van der Waals surface area contributed by atoms with E-state index in [2.05, 4.69) is 36.9 Å². The van der Waals surface area contributed by atoms with Crippen molar-refractivity contribution in [2.45, 2.75) is 33.1 Å². The topological polar surface area (TPSA) is 12.0 Å². The predicted molar refractivity (Wildman–Crippen MR) is 58.5 cm³/mol. The first-order valence-electron chi connectivity index (χ1n) is 4.72. The molecular formula is C12H19N. The van der Waals surface area contributed by atoms with Gasteiger partial charge in [-0.25, -0.2) is 0 Å². The normalized spacial score (nSPS) is 8.46. The molecule has 72 valence electrons. The minimum absolute atomic E-state index is 0.923. The number of hydrogen-bond donors (Lipinski definition) is 1. The zero-order valence-corrected chi connectivity index (χ0v) is 8.74. The fourth-order valence-electron chi connectivity index (χ4n) is 0.979. The van der Waals surface area contributed by atoms with Gasteiger partial charge in [0.05, 0.1) is 5.70 Å². The summed E-state index contributed by atoms with van der Waals surface area (Å²) >= 11 is 0. The Balaban J connectivity index is 3.75. The Morgan fingerprint density at radius 2 is 1.92 bits per heavy atom. The van der Waals surface area contributed by atoms with E-state index in [1.807, 2.05) is 6.92 Å². The van der Waals surface area contributed by atoms with Gasteiger partial charge in [0.25, 0.3) is 0 Å². The summed E-state index contributed by atoms with van der Waals surface area (Å²) in [7, 11) is 0. The van der Waals surface area contributed by atoms with E-state index in [0.29, 0.717) is 0 Å². The van der Waals surface area contributed by atoms with Gasteiger partial charge in [-0.3, -0.25) is 0 Å². The van der Waals surface area contributed by atoms with Crippen LogP contribution in [0.2, 0.25) is 0 Å². The first kappa shape index (κ1) is 11.8. The highest BCUT2D eigenvalue weighted by atomic mass is 14.9. The van der Waals surface area contributed by atoms with Crippen LogP contribution in [0.25, 0.3) is 0 Å². The molecule has 0 fully saturated rings. The maximum absolute atomic E-state index is 3.64. The number of rotatable bonds is 6. The van der Waals surface area contributed by atoms with E-state index < -0.39 is 0 Å². The van der Waals surface area contributed by atoms with Gasteiger partial charge in [-0.05, 0) is 25.3 Å². The lowest BCUT2D eigenvalue weighted by Gasteiger charge is -2.06. The van der Waals surface area contributed by atoms with E-state index in [0.717, 1.165) is 31.5 Å². The summed E-state index contributed by atoms with van der Waals surface area (Å²) in [6.07, 6.45) is 3.14. The monoisotopic (exact) mass is 177 g/mol. The molecule has 0 aliphatic heterocycles. The maximum atomic E-state index is 3.64. The predicted octanol–water partition coefficient (Wildman–Crippen LogP) is 3.17. The van der Waals surface area contributed by atoms with Crippen LogP contribution in [0.4, 0.5) is 0 Å². The van der Waals surface area contributed by atoms with E-state index in [1.54, 1.807) is 0 Å². The van der Waals surface area contributed by atoms with E-state index in [9.17, 15) is 0 Å². The van der Waals surface area contributed by atoms with Crippen LogP contribution >= 0.6 is 0 Å². The molecule has 0 radical (unpaired) electrons. The van der Waals surface area contributed by atoms with Crippen molar-refractivity contribution in [1.29, 1.82) is 0 Å². The lowest BCUT2D eigenvalue weighted by molar-refractivity contribution is 0.727. The number of nitrogens with one attached hydrogen (secondary N) is 1. The Labute approximate surface area is 81.5 Å². The van der Waals surface area contributed by atoms with Crippen molar-refractivity contribution in [3.8, 4) is 0 Å². The Bertz CT molecular complexity index is 238. The van der Waals surface area contributed by atoms with Crippen LogP contribution in [0, 0.1) is 0 Å². The van der Waals surface area contributed by atoms with Gasteiger partial charge >= 0.3 is 0 Å². The van der Waals surface area contributed by atoms with Gasteiger partial charge < -0.3 is 5.32 Å². The Hall–Kier alpha value is -1.16. The van der Waals surface area contributed by atoms with Gasteiger partial charge in [0.2, 0.25) is 0 Å². The molecule has 0 bridgehead atoms. The standard InChI is InChI=1S/C12H19N/c1-5-8-12(7-3)13-10-9-11(4)6-2/h13H,2-3,5,8-10H2,1,4H3. The molecule has 0 aliphatic carbocycles. The zero-order chi connectivity index (χ0) is 10.1. The van der Waals surface area contributed by atoms with Crippen LogP contribution in [0.5, 0.6) is 0 Å². The largest absolute Gasteiger partial charge is 0.382 e. The van der Waals surface area contributed by atoms with Gasteiger partial charge in [-0.15, -0.1) is 11.5 Å². The second-order valence-electron chi connectivity index (χ2n) is 3.04. The first-order chi connectivity index (χ1) is 6.24. The van der Waals surface area contributed by atoms with Crippen LogP contribution in [-0.2, 0) is 0 Å². The SMILES string of the molecule is C=C=C(C)CCNC(=C=C)CCC. The summed E-state index contributed by atoms with van der Waals surface area (Å²) in [5.41, 5.74) is 8.07. The minimum atomic E-state index is 0.923. The molecule has 0 amide bonds. The summed E-state index contributed by atoms with van der Waals surface area (Å²) in [6, 6.07) is 0. The second kappa shape index (κ2) is 7.49. The molecule has 1 nitrogen and oxygen atoms in total. The number of hydrogen-bond acceptors (Lipinski definition) is 1. The van der Waals surface area contributed by atoms with Crippen molar-refractivity contribution in [1.82, 2.24) is 5.32 Å². The summed E-state index contributed by atoms with van der Waals surface area (Å²) in [5.74, 6) is 0. The fourth-order valence-corrected chi connectivity index (χ4v) is 0.979. The van der Waals surface area contributed by atoms with Crippen LogP contribution in [0.3, 0.4) is 0 Å². The molecule has 0 heterocycles. The van der Waals surface area contributed by atoms with Gasteiger partial charge in [0, 0.05) is 6.54 Å². The van der Waals surface area contributed by atoms with E-state index >= 15 is 0 Å². The fraction of sp³-hybridized carbons (Fsp3) is 0.500. The lowest BCUT2D eigenvalue weighted by Crippen LogP contribution is -2.14. The first-order valence-corrected chi connectivity index (χ1v) is 4.72. The Morgan fingerprint density at radius 3 is 2.38 bits per heavy atom. The van der Waals surface area contributed by atoms with Gasteiger partial charge in [0.1, 0.15) is 0 Å². The molecule has 0 aromatic rings. The molecule has 1 heteroatoms. The molecule has 0 aromatic carbocycles. The van der Waals surface area contributed by atoms with Gasteiger partial charge in [-0.2, -0.15) is 0 Å². The molecule has 1 N–H and O–H groups in total. The molecular weight excluding hydrogens is 158 g/mol. The smallest absolute Gasteiger partial charge is 0.0531 e. The van der Waals surface area contributed by atoms with Crippen molar-refractivity contribution in [3.63, 3.8) is 0 Å². The summed E-state index contributed by atoms with van der Waals surface area (Å²) in [5, 5.41) is 3.29. The Morgan fingerprint density at radius 1 is 1.23 bits per heavy atom. The molecule has 0 spiro atoms. The molecule has 13 heavy (non-hydrogen) atoms. The Kier molecular flexibility index (Phi) is 6.82. The average Bonchev–Trinajstić information content (AvgIpc) is 2.16. The highest BCUT2D eigenvalue weighted by Gasteiger charge is 1.93. The van der Waals surface area contributed by atoms with Crippen LogP contribution < -0.4 is 5.32 Å². The third kappa shape index (κ3) is 6.04. The molecule has 0 atom stereocenters. The van der Waals surface area contributed by atoms with Gasteiger partial charge in [-0.1, -0.05) is 26.5 Å². The van der Waals surface area contributed by atoms with Crippen molar-refractivity contribution < 1.29 is 0 Å². The summed E-state index contributed by atoms with van der Waals surface area (Å²) in [6.45, 7) is 12.3. The number of allylic oxidation sites excluding steroid dienone is 1. The highest BCUT2D eigenvalue weighted by molar-refractivity contribution is 4.99. The lowest BCUT2D eigenvalue weighted by atomic mass is 10.2. The summed E-state index contributed by atoms with van der Waals surface area (Å²) < 4.78 is 0. The average molecular weight is 177 g/mol. The van der Waals surface area contributed by atoms with Gasteiger partial charge in [0.15, 0.2) is 0 Å². The summed E-state index contributed by atoms with van der Waals surface area (Å²) in [4.78, 5) is 0. The van der Waals surface area contributed by atoms with E-state index in [-0.39, 0.29) is 0 Å². The third-order valence-electron chi connectivity index (χ3n) is 1.85. The molecule has 0 aromatic heterocycles. The quantitative estimate of drug-likeness (QED) is 0.614. The van der Waals surface area contributed by atoms with Crippen molar-refractivity contribution >= 4 is 0 Å². The van der Waals surface area contributed by atoms with Crippen molar-refractivity contribution in [2.75, 3.05) is 6.54 Å². The second-order valence-corrected chi connectivity index (χ2v) is 3.04. The molecule has 0 rings (SSSR count). The molecule has 0 saturated heterocycles. The van der Waals surface area contributed by atoms with Crippen LogP contribution in [0.1, 0.15) is 33.1 Å². The minimum Gasteiger partial charge on any atom is -0.382 e. The van der Waals surface area contributed by atoms with E-state index in [1.165, 1.54) is 5.57 Å². The van der Waals surface area contributed by atoms with Crippen LogP contribution in [0.15, 0.2) is 35.9 Å². The molecule has 0 aliphatic rings. The van der Waals surface area contributed by atoms with Crippen molar-refractivity contribution in [3.05, 3.63) is 35.9 Å². The molecule has 0 unspecified atom stereocenters. The zero-order valence-electron chi connectivity index (χ0n) is 8.74. The van der Waals surface area contributed by atoms with E-state index in [4.69, 9.17) is 0 Å². The molecule has 0 saturated carbocycles. The highest BCUT2D eigenvalue weighted by Crippen LogP contribution is 2.00.